The van der Waals surface area contributed by atoms with Gasteiger partial charge in [-0.15, -0.1) is 0 Å². The minimum Gasteiger partial charge on any atom is -0.298 e. The van der Waals surface area contributed by atoms with Crippen molar-refractivity contribution in [1.82, 2.24) is 0 Å². The van der Waals surface area contributed by atoms with Crippen molar-refractivity contribution in [2.24, 2.45) is 5.92 Å². The number of ketones is 1. The molecule has 0 radical (unpaired) electrons. The zero-order valence-corrected chi connectivity index (χ0v) is 12.1. The van der Waals surface area contributed by atoms with E-state index >= 15 is 0 Å². The Labute approximate surface area is 113 Å². The third-order valence-corrected chi connectivity index (χ3v) is 4.70. The number of benzene rings is 1. The van der Waals surface area contributed by atoms with Crippen LogP contribution in [0.4, 0.5) is 0 Å². The molecule has 0 fully saturated rings. The topological polar surface area (TPSA) is 51.2 Å². The summed E-state index contributed by atoms with van der Waals surface area (Å²) in [6.07, 6.45) is 0.653. The SMILES string of the molecule is CCC(C)C(=O)CS(=O)(=O)Cc1ccccc1Cl. The van der Waals surface area contributed by atoms with Gasteiger partial charge in [0.25, 0.3) is 0 Å². The summed E-state index contributed by atoms with van der Waals surface area (Å²) in [6.45, 7) is 3.61. The van der Waals surface area contributed by atoms with Crippen LogP contribution in [0.3, 0.4) is 0 Å². The number of rotatable bonds is 6. The van der Waals surface area contributed by atoms with Gasteiger partial charge >= 0.3 is 0 Å². The molecule has 0 aliphatic carbocycles. The highest BCUT2D eigenvalue weighted by Gasteiger charge is 2.21. The van der Waals surface area contributed by atoms with E-state index < -0.39 is 15.6 Å². The summed E-state index contributed by atoms with van der Waals surface area (Å²) in [6, 6.07) is 6.77. The maximum atomic E-state index is 11.9. The van der Waals surface area contributed by atoms with Crippen molar-refractivity contribution < 1.29 is 13.2 Å². The first-order valence-corrected chi connectivity index (χ1v) is 8.02. The van der Waals surface area contributed by atoms with Crippen LogP contribution in [0.2, 0.25) is 5.02 Å². The van der Waals surface area contributed by atoms with Crippen LogP contribution in [0.15, 0.2) is 24.3 Å². The Morgan fingerprint density at radius 2 is 1.94 bits per heavy atom. The monoisotopic (exact) mass is 288 g/mol. The quantitative estimate of drug-likeness (QED) is 0.809. The van der Waals surface area contributed by atoms with E-state index in [-0.39, 0.29) is 17.5 Å². The molecule has 1 atom stereocenters. The molecule has 1 aromatic rings. The van der Waals surface area contributed by atoms with Crippen LogP contribution in [0.5, 0.6) is 0 Å². The number of carbonyl (C=O) groups is 1. The molecule has 0 bridgehead atoms. The lowest BCUT2D eigenvalue weighted by atomic mass is 10.1. The Bertz CT molecular complexity index is 523. The Morgan fingerprint density at radius 3 is 2.50 bits per heavy atom. The first-order valence-electron chi connectivity index (χ1n) is 5.82. The molecule has 0 amide bonds. The summed E-state index contributed by atoms with van der Waals surface area (Å²) in [5.41, 5.74) is 0.538. The van der Waals surface area contributed by atoms with Crippen molar-refractivity contribution in [2.45, 2.75) is 26.0 Å². The van der Waals surface area contributed by atoms with E-state index in [0.29, 0.717) is 17.0 Å². The van der Waals surface area contributed by atoms with E-state index in [1.54, 1.807) is 31.2 Å². The highest BCUT2D eigenvalue weighted by atomic mass is 35.5. The molecule has 0 N–H and O–H groups in total. The van der Waals surface area contributed by atoms with Gasteiger partial charge in [0, 0.05) is 10.9 Å². The van der Waals surface area contributed by atoms with Crippen molar-refractivity contribution in [2.75, 3.05) is 5.75 Å². The van der Waals surface area contributed by atoms with E-state index in [1.807, 2.05) is 6.92 Å². The Kier molecular flexibility index (Phi) is 5.35. The van der Waals surface area contributed by atoms with Gasteiger partial charge in [0.05, 0.1) is 5.75 Å². The fourth-order valence-electron chi connectivity index (χ4n) is 1.49. The van der Waals surface area contributed by atoms with Crippen molar-refractivity contribution in [3.8, 4) is 0 Å². The Hall–Kier alpha value is -0.870. The molecule has 0 spiro atoms. The molecule has 0 saturated heterocycles. The molecular weight excluding hydrogens is 272 g/mol. The highest BCUT2D eigenvalue weighted by Crippen LogP contribution is 2.18. The van der Waals surface area contributed by atoms with E-state index in [2.05, 4.69) is 0 Å². The van der Waals surface area contributed by atoms with Crippen LogP contribution >= 0.6 is 11.6 Å². The normalized spacial score (nSPS) is 13.3. The van der Waals surface area contributed by atoms with Crippen LogP contribution < -0.4 is 0 Å². The molecule has 0 aromatic heterocycles. The highest BCUT2D eigenvalue weighted by molar-refractivity contribution is 7.91. The second-order valence-corrected chi connectivity index (χ2v) is 6.87. The molecule has 100 valence electrons. The molecule has 0 aliphatic heterocycles. The molecule has 0 saturated carbocycles. The lowest BCUT2D eigenvalue weighted by molar-refractivity contribution is -0.119. The summed E-state index contributed by atoms with van der Waals surface area (Å²) in [5, 5.41) is 0.414. The first kappa shape index (κ1) is 15.2. The number of carbonyl (C=O) groups excluding carboxylic acids is 1. The number of Topliss-reactive ketones (excluding diaryl/α,β-unsaturated/α-hetero) is 1. The fraction of sp³-hybridized carbons (Fsp3) is 0.462. The van der Waals surface area contributed by atoms with Gasteiger partial charge < -0.3 is 0 Å². The van der Waals surface area contributed by atoms with Crippen LogP contribution in [0.1, 0.15) is 25.8 Å². The minimum absolute atomic E-state index is 0.186. The van der Waals surface area contributed by atoms with Gasteiger partial charge in [-0.2, -0.15) is 0 Å². The maximum Gasteiger partial charge on any atom is 0.161 e. The van der Waals surface area contributed by atoms with Crippen molar-refractivity contribution in [3.05, 3.63) is 34.9 Å². The molecule has 0 heterocycles. The minimum atomic E-state index is -3.45. The van der Waals surface area contributed by atoms with E-state index in [4.69, 9.17) is 11.6 Å². The summed E-state index contributed by atoms with van der Waals surface area (Å²) in [4.78, 5) is 11.7. The van der Waals surface area contributed by atoms with E-state index in [1.165, 1.54) is 0 Å². The van der Waals surface area contributed by atoms with Crippen LogP contribution in [0, 0.1) is 5.92 Å². The number of halogens is 1. The molecule has 5 heteroatoms. The van der Waals surface area contributed by atoms with Crippen molar-refractivity contribution >= 4 is 27.2 Å². The summed E-state index contributed by atoms with van der Waals surface area (Å²) < 4.78 is 23.8. The molecular formula is C13H17ClO3S. The molecule has 1 rings (SSSR count). The molecule has 0 aliphatic rings. The predicted molar refractivity (Wildman–Crippen MR) is 73.4 cm³/mol. The smallest absolute Gasteiger partial charge is 0.161 e. The first-order chi connectivity index (χ1) is 8.35. The summed E-state index contributed by atoms with van der Waals surface area (Å²) in [7, 11) is -3.45. The Balaban J connectivity index is 2.78. The zero-order chi connectivity index (χ0) is 13.8. The number of hydrogen-bond acceptors (Lipinski definition) is 3. The molecule has 1 unspecified atom stereocenters. The maximum absolute atomic E-state index is 11.9. The third-order valence-electron chi connectivity index (χ3n) is 2.86. The third kappa shape index (κ3) is 4.42. The zero-order valence-electron chi connectivity index (χ0n) is 10.5. The second kappa shape index (κ2) is 6.34. The summed E-state index contributed by atoms with van der Waals surface area (Å²) >= 11 is 5.91. The second-order valence-electron chi connectivity index (χ2n) is 4.40. The van der Waals surface area contributed by atoms with Crippen LogP contribution in [0.25, 0.3) is 0 Å². The number of hydrogen-bond donors (Lipinski definition) is 0. The fourth-order valence-corrected chi connectivity index (χ4v) is 3.32. The van der Waals surface area contributed by atoms with Gasteiger partial charge in [-0.25, -0.2) is 8.42 Å². The Morgan fingerprint density at radius 1 is 1.33 bits per heavy atom. The van der Waals surface area contributed by atoms with Gasteiger partial charge in [0.1, 0.15) is 5.75 Å². The van der Waals surface area contributed by atoms with Gasteiger partial charge in [0.2, 0.25) is 0 Å². The van der Waals surface area contributed by atoms with Gasteiger partial charge in [-0.1, -0.05) is 43.6 Å². The average molecular weight is 289 g/mol. The van der Waals surface area contributed by atoms with E-state index in [0.717, 1.165) is 0 Å². The lowest BCUT2D eigenvalue weighted by Crippen LogP contribution is -2.22. The number of sulfone groups is 1. The molecule has 1 aromatic carbocycles. The lowest BCUT2D eigenvalue weighted by Gasteiger charge is -2.09. The van der Waals surface area contributed by atoms with Gasteiger partial charge in [-0.3, -0.25) is 4.79 Å². The molecule has 3 nitrogen and oxygen atoms in total. The summed E-state index contributed by atoms with van der Waals surface area (Å²) in [5.74, 6) is -1.04. The largest absolute Gasteiger partial charge is 0.298 e. The van der Waals surface area contributed by atoms with Crippen molar-refractivity contribution in [3.63, 3.8) is 0 Å². The van der Waals surface area contributed by atoms with Crippen molar-refractivity contribution in [1.29, 1.82) is 0 Å². The standard InChI is InChI=1S/C13H17ClO3S/c1-3-10(2)13(15)9-18(16,17)8-11-6-4-5-7-12(11)14/h4-7,10H,3,8-9H2,1-2H3. The van der Waals surface area contributed by atoms with Crippen LogP contribution in [-0.4, -0.2) is 20.0 Å². The predicted octanol–water partition coefficient (Wildman–Crippen LogP) is 2.87. The molecule has 18 heavy (non-hydrogen) atoms. The van der Waals surface area contributed by atoms with Gasteiger partial charge in [0.15, 0.2) is 15.6 Å². The van der Waals surface area contributed by atoms with Crippen LogP contribution in [-0.2, 0) is 20.4 Å². The average Bonchev–Trinajstić information content (AvgIpc) is 2.30. The van der Waals surface area contributed by atoms with E-state index in [9.17, 15) is 13.2 Å². The van der Waals surface area contributed by atoms with Gasteiger partial charge in [-0.05, 0) is 18.1 Å².